The molecule has 7 heteroatoms. The van der Waals surface area contributed by atoms with Crippen molar-refractivity contribution in [3.63, 3.8) is 0 Å². The molecule has 3 aromatic rings. The molecule has 2 aromatic carbocycles. The van der Waals surface area contributed by atoms with Gasteiger partial charge in [0, 0.05) is 11.1 Å². The maximum Gasteiger partial charge on any atom is 0.175 e. The molecule has 188 valence electrons. The van der Waals surface area contributed by atoms with Crippen molar-refractivity contribution in [3.8, 4) is 17.6 Å². The Morgan fingerprint density at radius 1 is 1.22 bits per heavy atom. The Balaban J connectivity index is 1.57. The van der Waals surface area contributed by atoms with Crippen molar-refractivity contribution in [2.45, 2.75) is 53.6 Å². The summed E-state index contributed by atoms with van der Waals surface area (Å²) in [5.74, 6) is 1.50. The lowest BCUT2D eigenvalue weighted by Gasteiger charge is -2.33. The van der Waals surface area contributed by atoms with E-state index in [2.05, 4.69) is 42.8 Å². The fourth-order valence-corrected chi connectivity index (χ4v) is 6.25. The fourth-order valence-electron chi connectivity index (χ4n) is 4.45. The molecule has 0 radical (unpaired) electrons. The van der Waals surface area contributed by atoms with Crippen molar-refractivity contribution in [2.24, 2.45) is 16.3 Å². The average molecular weight is 570 g/mol. The van der Waals surface area contributed by atoms with Gasteiger partial charge in [0.25, 0.3) is 0 Å². The first kappa shape index (κ1) is 26.4. The van der Waals surface area contributed by atoms with Crippen molar-refractivity contribution in [1.29, 1.82) is 5.26 Å². The van der Waals surface area contributed by atoms with Crippen LogP contribution in [-0.4, -0.2) is 12.8 Å². The Labute approximate surface area is 224 Å². The number of thiophene rings is 1. The molecule has 0 N–H and O–H groups in total. The Bertz CT molecular complexity index is 1300. The van der Waals surface area contributed by atoms with Gasteiger partial charge in [-0.2, -0.15) is 5.26 Å². The second-order valence-corrected chi connectivity index (χ2v) is 12.0. The van der Waals surface area contributed by atoms with Crippen molar-refractivity contribution in [1.82, 2.24) is 0 Å². The van der Waals surface area contributed by atoms with Gasteiger partial charge in [0.2, 0.25) is 0 Å². The van der Waals surface area contributed by atoms with Crippen LogP contribution in [-0.2, 0) is 19.4 Å². The van der Waals surface area contributed by atoms with E-state index in [1.807, 2.05) is 19.1 Å². The van der Waals surface area contributed by atoms with E-state index in [-0.39, 0.29) is 17.8 Å². The van der Waals surface area contributed by atoms with Gasteiger partial charge < -0.3 is 9.47 Å². The number of ether oxygens (including phenoxy) is 2. The quantitative estimate of drug-likeness (QED) is 0.269. The highest BCUT2D eigenvalue weighted by atomic mass is 79.9. The van der Waals surface area contributed by atoms with Crippen LogP contribution in [0.5, 0.6) is 11.5 Å². The Morgan fingerprint density at radius 3 is 2.64 bits per heavy atom. The summed E-state index contributed by atoms with van der Waals surface area (Å²) in [4.78, 5) is 6.03. The van der Waals surface area contributed by atoms with Crippen molar-refractivity contribution >= 4 is 38.5 Å². The highest BCUT2D eigenvalue weighted by Gasteiger charge is 2.32. The largest absolute Gasteiger partial charge is 0.490 e. The maximum atomic E-state index is 13.2. The Morgan fingerprint density at radius 2 is 1.97 bits per heavy atom. The Hall–Kier alpha value is -2.69. The summed E-state index contributed by atoms with van der Waals surface area (Å²) in [6.07, 6.45) is 4.83. The highest BCUT2D eigenvalue weighted by Crippen LogP contribution is 2.45. The summed E-state index contributed by atoms with van der Waals surface area (Å²) >= 11 is 5.24. The molecule has 0 aliphatic heterocycles. The molecule has 0 amide bonds. The summed E-state index contributed by atoms with van der Waals surface area (Å²) in [5.41, 5.74) is 3.83. The van der Waals surface area contributed by atoms with Gasteiger partial charge in [0.15, 0.2) is 11.5 Å². The molecule has 0 saturated heterocycles. The summed E-state index contributed by atoms with van der Waals surface area (Å²) in [5, 5.41) is 10.6. The van der Waals surface area contributed by atoms with Gasteiger partial charge >= 0.3 is 0 Å². The first-order chi connectivity index (χ1) is 17.2. The molecule has 1 aliphatic carbocycles. The van der Waals surface area contributed by atoms with Crippen molar-refractivity contribution in [3.05, 3.63) is 73.8 Å². The number of halogens is 2. The van der Waals surface area contributed by atoms with Gasteiger partial charge in [-0.1, -0.05) is 32.9 Å². The minimum Gasteiger partial charge on any atom is -0.490 e. The Kier molecular flexibility index (Phi) is 8.17. The second kappa shape index (κ2) is 11.1. The SMILES string of the molecule is CCOc1cc(C=Nc2sc3c(c2C#N)CC[C@H](C(C)(C)C)C3)cc(Br)c1OCc1ccc(F)cc1. The molecule has 0 fully saturated rings. The molecule has 36 heavy (non-hydrogen) atoms. The maximum absolute atomic E-state index is 13.2. The van der Waals surface area contributed by atoms with Gasteiger partial charge in [-0.3, -0.25) is 0 Å². The summed E-state index contributed by atoms with van der Waals surface area (Å²) in [6.45, 7) is 9.56. The number of nitriles is 1. The molecule has 0 unspecified atom stereocenters. The first-order valence-corrected chi connectivity index (χ1v) is 13.7. The van der Waals surface area contributed by atoms with E-state index < -0.39 is 0 Å². The molecule has 0 saturated carbocycles. The minimum absolute atomic E-state index is 0.250. The van der Waals surface area contributed by atoms with E-state index >= 15 is 0 Å². The van der Waals surface area contributed by atoms with Crippen LogP contribution in [0.25, 0.3) is 0 Å². The number of hydrogen-bond donors (Lipinski definition) is 0. The fraction of sp³-hybridized carbons (Fsp3) is 0.379. The van der Waals surface area contributed by atoms with E-state index in [1.54, 1.807) is 29.7 Å². The van der Waals surface area contributed by atoms with E-state index in [0.717, 1.165) is 39.9 Å². The lowest BCUT2D eigenvalue weighted by molar-refractivity contribution is 0.218. The number of aliphatic imine (C=N–C) groups is 1. The molecule has 4 nitrogen and oxygen atoms in total. The molecule has 0 bridgehead atoms. The zero-order valence-corrected chi connectivity index (χ0v) is 23.4. The molecule has 1 aliphatic rings. The van der Waals surface area contributed by atoms with Gasteiger partial charge in [0.05, 0.1) is 16.6 Å². The molecular weight excluding hydrogens is 539 g/mol. The van der Waals surface area contributed by atoms with E-state index in [4.69, 9.17) is 14.5 Å². The summed E-state index contributed by atoms with van der Waals surface area (Å²) < 4.78 is 25.8. The summed E-state index contributed by atoms with van der Waals surface area (Å²) in [6, 6.07) is 12.4. The van der Waals surface area contributed by atoms with Crippen LogP contribution in [0, 0.1) is 28.5 Å². The number of hydrogen-bond acceptors (Lipinski definition) is 5. The zero-order chi connectivity index (χ0) is 25.9. The second-order valence-electron chi connectivity index (χ2n) is 10.0. The van der Waals surface area contributed by atoms with Crippen molar-refractivity contribution in [2.75, 3.05) is 6.61 Å². The number of nitrogens with zero attached hydrogens (tertiary/aromatic N) is 2. The van der Waals surface area contributed by atoms with E-state index in [9.17, 15) is 9.65 Å². The lowest BCUT2D eigenvalue weighted by Crippen LogP contribution is -2.26. The summed E-state index contributed by atoms with van der Waals surface area (Å²) in [7, 11) is 0. The third-order valence-electron chi connectivity index (χ3n) is 6.54. The lowest BCUT2D eigenvalue weighted by atomic mass is 9.72. The van der Waals surface area contributed by atoms with Gasteiger partial charge in [-0.05, 0) is 94.4 Å². The number of benzene rings is 2. The van der Waals surface area contributed by atoms with Crippen LogP contribution in [0.15, 0.2) is 45.9 Å². The predicted octanol–water partition coefficient (Wildman–Crippen LogP) is 8.40. The third kappa shape index (κ3) is 5.99. The van der Waals surface area contributed by atoms with Crippen LogP contribution in [0.2, 0.25) is 0 Å². The molecule has 1 atom stereocenters. The first-order valence-electron chi connectivity index (χ1n) is 12.1. The van der Waals surface area contributed by atoms with Crippen LogP contribution >= 0.6 is 27.3 Å². The molecule has 4 rings (SSSR count). The molecule has 0 spiro atoms. The molecule has 1 aromatic heterocycles. The highest BCUT2D eigenvalue weighted by molar-refractivity contribution is 9.10. The molecular formula is C29H30BrFN2O2S. The average Bonchev–Trinajstić information content (AvgIpc) is 3.19. The van der Waals surface area contributed by atoms with E-state index in [0.29, 0.717) is 29.6 Å². The van der Waals surface area contributed by atoms with Crippen LogP contribution in [0.3, 0.4) is 0 Å². The number of fused-ring (bicyclic) bond motifs is 1. The monoisotopic (exact) mass is 568 g/mol. The van der Waals surface area contributed by atoms with Crippen LogP contribution in [0.4, 0.5) is 9.39 Å². The van der Waals surface area contributed by atoms with Gasteiger partial charge in [-0.25, -0.2) is 9.38 Å². The van der Waals surface area contributed by atoms with Crippen LogP contribution in [0.1, 0.15) is 61.2 Å². The van der Waals surface area contributed by atoms with Crippen molar-refractivity contribution < 1.29 is 13.9 Å². The topological polar surface area (TPSA) is 54.6 Å². The van der Waals surface area contributed by atoms with E-state index in [1.165, 1.54) is 22.6 Å². The number of rotatable bonds is 7. The van der Waals surface area contributed by atoms with Gasteiger partial charge in [-0.15, -0.1) is 11.3 Å². The molecule has 1 heterocycles. The van der Waals surface area contributed by atoms with Crippen LogP contribution < -0.4 is 9.47 Å². The smallest absolute Gasteiger partial charge is 0.175 e. The standard InChI is InChI=1S/C29H30BrFN2O2S/c1-5-34-25-13-19(12-24(30)27(25)35-17-18-6-9-21(31)10-7-18)16-33-28-23(15-32)22-11-8-20(29(2,3)4)14-26(22)36-28/h6-7,9-10,12-13,16,20H,5,8,11,14,17H2,1-4H3/t20-/m0/s1. The predicted molar refractivity (Wildman–Crippen MR) is 147 cm³/mol. The zero-order valence-electron chi connectivity index (χ0n) is 21.0. The van der Waals surface area contributed by atoms with Gasteiger partial charge in [0.1, 0.15) is 23.5 Å². The minimum atomic E-state index is -0.279. The third-order valence-corrected chi connectivity index (χ3v) is 8.29. The normalized spacial score (nSPS) is 15.5.